The summed E-state index contributed by atoms with van der Waals surface area (Å²) in [6, 6.07) is 0. The lowest BCUT2D eigenvalue weighted by Gasteiger charge is -2.36. The number of imidazole rings is 1. The van der Waals surface area contributed by atoms with Crippen LogP contribution in [-0.4, -0.2) is 114 Å². The van der Waals surface area contributed by atoms with Gasteiger partial charge in [-0.15, -0.1) is 0 Å². The number of carbonyl (C=O) groups excluding carboxylic acids is 3. The number of carbonyl (C=O) groups is 3. The molecule has 3 heterocycles. The molecule has 4 rings (SSSR count). The quantitative estimate of drug-likeness (QED) is 0.0557. The van der Waals surface area contributed by atoms with Crippen LogP contribution in [0.15, 0.2) is 24.3 Å². The van der Waals surface area contributed by atoms with E-state index in [2.05, 4.69) is 43.5 Å². The van der Waals surface area contributed by atoms with Gasteiger partial charge in [0.25, 0.3) is 15.6 Å². The molecule has 25 nitrogen and oxygen atoms in total. The molecule has 0 aromatic carbocycles. The van der Waals surface area contributed by atoms with E-state index >= 15 is 0 Å². The number of hydrogen-bond donors (Lipinski definition) is 6. The average Bonchev–Trinajstić information content (AvgIpc) is 3.68. The molecule has 2 aromatic rings. The normalized spacial score (nSPS) is 24.3. The number of phosphoric acid groups is 3. The van der Waals surface area contributed by atoms with Crippen LogP contribution in [-0.2, 0) is 50.7 Å². The third kappa shape index (κ3) is 13.4. The fourth-order valence-corrected chi connectivity index (χ4v) is 8.93. The second kappa shape index (κ2) is 19.5. The smallest absolute Gasteiger partial charge is 0.274 e. The maximum atomic E-state index is 12.5. The summed E-state index contributed by atoms with van der Waals surface area (Å²) < 4.78 is 60.5. The maximum Gasteiger partial charge on any atom is 0.274 e. The Labute approximate surface area is 328 Å². The van der Waals surface area contributed by atoms with Crippen molar-refractivity contribution in [2.24, 2.45) is 5.41 Å². The Bertz CT molecular complexity index is 1950. The third-order valence-electron chi connectivity index (χ3n) is 8.35. The van der Waals surface area contributed by atoms with Crippen molar-refractivity contribution in [3.05, 3.63) is 24.3 Å². The van der Waals surface area contributed by atoms with Gasteiger partial charge in [0, 0.05) is 36.3 Å². The molecule has 3 unspecified atom stereocenters. The topological polar surface area (TPSA) is 395 Å². The molecule has 2 aromatic heterocycles. The van der Waals surface area contributed by atoms with Crippen LogP contribution in [0, 0.1) is 5.41 Å². The molecule has 0 saturated carbocycles. The van der Waals surface area contributed by atoms with E-state index < -0.39 is 90.7 Å². The minimum absolute atomic E-state index is 0.0256. The summed E-state index contributed by atoms with van der Waals surface area (Å²) in [6.45, 7) is -0.0430. The number of nitrogens with two attached hydrogens (primary N) is 1. The van der Waals surface area contributed by atoms with Gasteiger partial charge in [-0.1, -0.05) is 31.7 Å². The summed E-state index contributed by atoms with van der Waals surface area (Å²) in [4.78, 5) is 96.4. The van der Waals surface area contributed by atoms with E-state index in [4.69, 9.17) is 10.5 Å². The number of allylic oxidation sites excluding steroid dienone is 1. The van der Waals surface area contributed by atoms with Gasteiger partial charge in [0.1, 0.15) is 36.3 Å². The summed E-state index contributed by atoms with van der Waals surface area (Å²) in [5.74, 6) is -1.38. The molecule has 2 amide bonds. The lowest BCUT2D eigenvalue weighted by atomic mass is 9.87. The number of hydrogen-bond acceptors (Lipinski definition) is 23. The highest BCUT2D eigenvalue weighted by molar-refractivity contribution is 8.14. The van der Waals surface area contributed by atoms with Crippen LogP contribution in [0.25, 0.3) is 11.2 Å². The number of aliphatic hydroxyl groups excluding tert-OH is 3. The Morgan fingerprint density at radius 1 is 1.09 bits per heavy atom. The van der Waals surface area contributed by atoms with Gasteiger partial charge in [0.05, 0.1) is 33.5 Å². The van der Waals surface area contributed by atoms with Crippen molar-refractivity contribution in [2.45, 2.75) is 76.3 Å². The summed E-state index contributed by atoms with van der Waals surface area (Å²) >= 11 is 0.941. The SMILES string of the molecule is CC(C)(COP(=O)([O-])OP(=O)([O-])OC[C@H]1O[C@@H](n2cnc3c(N)ncnc32)[C@H](O)[C@@H]1OP(=O)([O-])[O-])[C@@H](O)C(=O)NCCC(=O)NCCSC(=O)C1=CCCCC1O. The van der Waals surface area contributed by atoms with Crippen molar-refractivity contribution in [1.82, 2.24) is 30.2 Å². The lowest BCUT2D eigenvalue weighted by Crippen LogP contribution is -2.46. The second-order valence-corrected chi connectivity index (χ2v) is 18.4. The largest absolute Gasteiger partial charge is 0.790 e. The number of nitrogens with zero attached hydrogens (tertiary/aromatic N) is 4. The van der Waals surface area contributed by atoms with Crippen LogP contribution in [0.4, 0.5) is 5.82 Å². The minimum Gasteiger partial charge on any atom is -0.790 e. The number of amides is 2. The predicted octanol–water partition coefficient (Wildman–Crippen LogP) is -3.39. The van der Waals surface area contributed by atoms with Crippen LogP contribution < -0.4 is 35.9 Å². The zero-order valence-corrected chi connectivity index (χ0v) is 33.6. The van der Waals surface area contributed by atoms with Crippen molar-refractivity contribution in [3.63, 3.8) is 0 Å². The first-order chi connectivity index (χ1) is 26.5. The molecular weight excluding hydrogens is 847 g/mol. The summed E-state index contributed by atoms with van der Waals surface area (Å²) in [5, 5.41) is 35.8. The molecule has 0 radical (unpaired) electrons. The molecule has 57 heavy (non-hydrogen) atoms. The Morgan fingerprint density at radius 2 is 1.79 bits per heavy atom. The maximum absolute atomic E-state index is 12.5. The monoisotopic (exact) mass is 887 g/mol. The molecule has 29 heteroatoms. The van der Waals surface area contributed by atoms with Crippen LogP contribution >= 0.6 is 35.2 Å². The molecule has 1 saturated heterocycles. The minimum atomic E-state index is -5.92. The summed E-state index contributed by atoms with van der Waals surface area (Å²) in [6.07, 6.45) is -4.78. The van der Waals surface area contributed by atoms with Crippen molar-refractivity contribution >= 4 is 69.1 Å². The Balaban J connectivity index is 1.22. The molecule has 1 aliphatic heterocycles. The van der Waals surface area contributed by atoms with Crippen molar-refractivity contribution in [1.29, 1.82) is 0 Å². The van der Waals surface area contributed by atoms with E-state index in [1.807, 2.05) is 0 Å². The molecule has 0 bridgehead atoms. The number of fused-ring (bicyclic) bond motifs is 1. The van der Waals surface area contributed by atoms with Crippen LogP contribution in [0.5, 0.6) is 0 Å². The van der Waals surface area contributed by atoms with Gasteiger partial charge in [0.2, 0.25) is 16.9 Å². The Hall–Kier alpha value is -2.74. The number of thioether (sulfide) groups is 1. The van der Waals surface area contributed by atoms with E-state index in [-0.39, 0.29) is 47.4 Å². The van der Waals surface area contributed by atoms with Crippen LogP contribution in [0.3, 0.4) is 0 Å². The Morgan fingerprint density at radius 3 is 2.47 bits per heavy atom. The Kier molecular flexibility index (Phi) is 16.1. The van der Waals surface area contributed by atoms with Gasteiger partial charge in [-0.05, 0) is 19.3 Å². The molecular formula is C28H40N7O18P3S-4. The number of nitrogens with one attached hydrogen (secondary N) is 2. The summed E-state index contributed by atoms with van der Waals surface area (Å²) in [5.41, 5.74) is 4.38. The first-order valence-electron chi connectivity index (χ1n) is 16.9. The third-order valence-corrected chi connectivity index (χ3v) is 12.3. The van der Waals surface area contributed by atoms with Gasteiger partial charge in [-0.25, -0.2) is 19.3 Å². The van der Waals surface area contributed by atoms with Gasteiger partial charge < -0.3 is 74.1 Å². The first-order valence-corrected chi connectivity index (χ1v) is 22.2. The number of aromatic nitrogens is 4. The molecule has 2 aliphatic rings. The molecule has 8 atom stereocenters. The zero-order valence-electron chi connectivity index (χ0n) is 30.1. The molecule has 1 aliphatic carbocycles. The number of ether oxygens (including phenoxy) is 1. The van der Waals surface area contributed by atoms with Crippen LogP contribution in [0.1, 0.15) is 45.8 Å². The predicted molar refractivity (Wildman–Crippen MR) is 186 cm³/mol. The molecule has 1 fully saturated rings. The van der Waals surface area contributed by atoms with E-state index in [9.17, 15) is 63.0 Å². The molecule has 0 spiro atoms. The molecule has 7 N–H and O–H groups in total. The van der Waals surface area contributed by atoms with E-state index in [0.717, 1.165) is 35.4 Å². The fraction of sp³-hybridized carbons (Fsp3) is 0.643. The molecule has 320 valence electrons. The summed E-state index contributed by atoms with van der Waals surface area (Å²) in [7, 11) is -17.6. The highest BCUT2D eigenvalue weighted by atomic mass is 32.2. The zero-order chi connectivity index (χ0) is 42.3. The van der Waals surface area contributed by atoms with E-state index in [1.165, 1.54) is 13.8 Å². The number of phosphoric ester groups is 3. The van der Waals surface area contributed by atoms with Crippen molar-refractivity contribution in [2.75, 3.05) is 37.8 Å². The average molecular weight is 888 g/mol. The number of aliphatic hydroxyl groups is 3. The second-order valence-electron chi connectivity index (χ2n) is 13.2. The number of rotatable bonds is 20. The van der Waals surface area contributed by atoms with Gasteiger partial charge in [-0.3, -0.25) is 28.1 Å². The van der Waals surface area contributed by atoms with Gasteiger partial charge >= 0.3 is 0 Å². The first kappa shape index (κ1) is 46.9. The fourth-order valence-electron chi connectivity index (χ4n) is 5.41. The standard InChI is InChI=1S/C28H44N7O18P3S/c1-28(2,22(39)25(40)31-8-7-18(37)30-9-10-57-27(41)15-5-3-4-6-16(15)36)12-50-56(47,48)53-55(45,46)49-11-17-21(52-54(42,43)44)20(38)26(51-17)35-14-34-19-23(29)32-13-33-24(19)35/h5,13-14,16-17,20-22,26,36,38-39H,3-4,6-12H2,1-2H3,(H,30,37)(H,31,40)(H,45,46)(H,47,48)(H2,29,32,33)(H2,42,43,44)/p-4/t16?,17-,20-,21-,22+,26-/m1/s1. The van der Waals surface area contributed by atoms with Gasteiger partial charge in [-0.2, -0.15) is 0 Å². The number of nitrogen functional groups attached to an aromatic ring is 1. The lowest BCUT2D eigenvalue weighted by molar-refractivity contribution is -0.347. The highest BCUT2D eigenvalue weighted by Gasteiger charge is 2.47. The van der Waals surface area contributed by atoms with Crippen molar-refractivity contribution in [3.8, 4) is 0 Å². The highest BCUT2D eigenvalue weighted by Crippen LogP contribution is 2.56. The van der Waals surface area contributed by atoms with Crippen molar-refractivity contribution < 1.29 is 85.6 Å². The van der Waals surface area contributed by atoms with E-state index in [1.54, 1.807) is 6.08 Å². The van der Waals surface area contributed by atoms with E-state index in [0.29, 0.717) is 18.4 Å². The van der Waals surface area contributed by atoms with Gasteiger partial charge in [0.15, 0.2) is 17.7 Å². The number of anilines is 1. The van der Waals surface area contributed by atoms with Crippen LogP contribution in [0.2, 0.25) is 0 Å².